The topological polar surface area (TPSA) is 12.9 Å². The molecule has 0 unspecified atom stereocenters. The van der Waals surface area contributed by atoms with Crippen molar-refractivity contribution in [2.45, 2.75) is 6.43 Å². The minimum atomic E-state index is -2.65. The molecule has 0 N–H and O–H groups in total. The Kier molecular flexibility index (Phi) is 2.62. The van der Waals surface area contributed by atoms with Crippen LogP contribution >= 0.6 is 23.2 Å². The molecule has 0 aliphatic rings. The largest absolute Gasteiger partial charge is 0.266 e. The second-order valence-electron chi connectivity index (χ2n) is 1.82. The lowest BCUT2D eigenvalue weighted by Crippen LogP contribution is -1.88. The Morgan fingerprint density at radius 2 is 1.64 bits per heavy atom. The summed E-state index contributed by atoms with van der Waals surface area (Å²) in [6, 6.07) is 0. The molecule has 0 saturated heterocycles. The quantitative estimate of drug-likeness (QED) is 0.674. The third kappa shape index (κ3) is 1.79. The number of hydrogen-bond acceptors (Lipinski definition) is 1. The number of aromatic nitrogens is 1. The summed E-state index contributed by atoms with van der Waals surface area (Å²) in [6.45, 7) is 0. The first-order valence-corrected chi connectivity index (χ1v) is 3.45. The standard InChI is InChI=1S/C6H3Cl2F2N/c7-3-1-11-2-4(8)5(3)6(9)10/h1-2,6H. The molecule has 60 valence electrons. The first-order chi connectivity index (χ1) is 5.13. The second kappa shape index (κ2) is 3.32. The summed E-state index contributed by atoms with van der Waals surface area (Å²) in [5, 5.41) is -0.208. The fourth-order valence-electron chi connectivity index (χ4n) is 0.630. The maximum atomic E-state index is 12.1. The van der Waals surface area contributed by atoms with Gasteiger partial charge >= 0.3 is 0 Å². The van der Waals surface area contributed by atoms with Gasteiger partial charge in [-0.1, -0.05) is 23.2 Å². The fraction of sp³-hybridized carbons (Fsp3) is 0.167. The van der Waals surface area contributed by atoms with Crippen molar-refractivity contribution in [1.82, 2.24) is 4.98 Å². The van der Waals surface area contributed by atoms with E-state index in [4.69, 9.17) is 23.2 Å². The number of hydrogen-bond donors (Lipinski definition) is 0. The number of rotatable bonds is 1. The second-order valence-corrected chi connectivity index (χ2v) is 2.63. The highest BCUT2D eigenvalue weighted by molar-refractivity contribution is 6.35. The highest BCUT2D eigenvalue weighted by Crippen LogP contribution is 2.31. The first kappa shape index (κ1) is 8.68. The third-order valence-corrected chi connectivity index (χ3v) is 1.71. The van der Waals surface area contributed by atoms with Gasteiger partial charge in [0.15, 0.2) is 0 Å². The lowest BCUT2D eigenvalue weighted by atomic mass is 10.3. The maximum absolute atomic E-state index is 12.1. The van der Waals surface area contributed by atoms with Crippen LogP contribution in [-0.4, -0.2) is 4.98 Å². The van der Waals surface area contributed by atoms with E-state index in [9.17, 15) is 8.78 Å². The molecule has 5 heteroatoms. The van der Waals surface area contributed by atoms with E-state index >= 15 is 0 Å². The molecule has 11 heavy (non-hydrogen) atoms. The highest BCUT2D eigenvalue weighted by atomic mass is 35.5. The van der Waals surface area contributed by atoms with E-state index in [1.165, 1.54) is 0 Å². The van der Waals surface area contributed by atoms with Gasteiger partial charge in [0.25, 0.3) is 6.43 Å². The monoisotopic (exact) mass is 197 g/mol. The summed E-state index contributed by atoms with van der Waals surface area (Å²) in [6.07, 6.45) is -0.387. The summed E-state index contributed by atoms with van der Waals surface area (Å²) < 4.78 is 24.2. The van der Waals surface area contributed by atoms with Gasteiger partial charge in [0.05, 0.1) is 15.6 Å². The molecule has 1 rings (SSSR count). The summed E-state index contributed by atoms with van der Waals surface area (Å²) in [5.74, 6) is 0. The molecule has 0 aromatic carbocycles. The van der Waals surface area contributed by atoms with E-state index in [-0.39, 0.29) is 15.6 Å². The van der Waals surface area contributed by atoms with Crippen LogP contribution in [0, 0.1) is 0 Å². The number of halogens is 4. The lowest BCUT2D eigenvalue weighted by molar-refractivity contribution is 0.151. The van der Waals surface area contributed by atoms with Gasteiger partial charge in [0.1, 0.15) is 0 Å². The van der Waals surface area contributed by atoms with E-state index in [1.807, 2.05) is 0 Å². The van der Waals surface area contributed by atoms with Gasteiger partial charge in [-0.3, -0.25) is 4.98 Å². The Hall–Kier alpha value is -0.410. The molecule has 0 aliphatic carbocycles. The SMILES string of the molecule is FC(F)c1c(Cl)cncc1Cl. The molecule has 0 saturated carbocycles. The molecule has 0 atom stereocenters. The zero-order valence-corrected chi connectivity index (χ0v) is 6.70. The number of pyridine rings is 1. The van der Waals surface area contributed by atoms with Crippen molar-refractivity contribution < 1.29 is 8.78 Å². The summed E-state index contributed by atoms with van der Waals surface area (Å²) in [5.41, 5.74) is -0.358. The van der Waals surface area contributed by atoms with Gasteiger partial charge < -0.3 is 0 Å². The first-order valence-electron chi connectivity index (χ1n) is 2.70. The van der Waals surface area contributed by atoms with Crippen molar-refractivity contribution in [2.24, 2.45) is 0 Å². The van der Waals surface area contributed by atoms with E-state index in [1.54, 1.807) is 0 Å². The molecule has 1 nitrogen and oxygen atoms in total. The van der Waals surface area contributed by atoms with E-state index in [0.29, 0.717) is 0 Å². The molecule has 0 bridgehead atoms. The number of alkyl halides is 2. The van der Waals surface area contributed by atoms with Crippen molar-refractivity contribution >= 4 is 23.2 Å². The van der Waals surface area contributed by atoms with Gasteiger partial charge in [0, 0.05) is 12.4 Å². The minimum absolute atomic E-state index is 0.104. The molecule has 1 aromatic rings. The summed E-state index contributed by atoms with van der Waals surface area (Å²) >= 11 is 10.8. The van der Waals surface area contributed by atoms with Crippen molar-refractivity contribution in [2.75, 3.05) is 0 Å². The molecule has 0 aliphatic heterocycles. The Morgan fingerprint density at radius 3 is 1.91 bits per heavy atom. The van der Waals surface area contributed by atoms with Gasteiger partial charge in [-0.2, -0.15) is 0 Å². The van der Waals surface area contributed by atoms with Gasteiger partial charge in [0.2, 0.25) is 0 Å². The Morgan fingerprint density at radius 1 is 1.18 bits per heavy atom. The van der Waals surface area contributed by atoms with Gasteiger partial charge in [-0.05, 0) is 0 Å². The molecular weight excluding hydrogens is 195 g/mol. The minimum Gasteiger partial charge on any atom is -0.262 e. The molecule has 0 fully saturated rings. The van der Waals surface area contributed by atoms with Gasteiger partial charge in [-0.15, -0.1) is 0 Å². The lowest BCUT2D eigenvalue weighted by Gasteiger charge is -2.02. The van der Waals surface area contributed by atoms with Crippen LogP contribution in [-0.2, 0) is 0 Å². The van der Waals surface area contributed by atoms with Crippen molar-refractivity contribution in [3.63, 3.8) is 0 Å². The molecular formula is C6H3Cl2F2N. The van der Waals surface area contributed by atoms with E-state index in [2.05, 4.69) is 4.98 Å². The van der Waals surface area contributed by atoms with Crippen LogP contribution in [0.1, 0.15) is 12.0 Å². The molecule has 0 spiro atoms. The van der Waals surface area contributed by atoms with Gasteiger partial charge in [-0.25, -0.2) is 8.78 Å². The van der Waals surface area contributed by atoms with Crippen LogP contribution in [0.4, 0.5) is 8.78 Å². The van der Waals surface area contributed by atoms with Crippen LogP contribution in [0.15, 0.2) is 12.4 Å². The summed E-state index contributed by atoms with van der Waals surface area (Å²) in [7, 11) is 0. The Labute approximate surface area is 72.0 Å². The normalized spacial score (nSPS) is 10.6. The predicted molar refractivity (Wildman–Crippen MR) is 39.2 cm³/mol. The third-order valence-electron chi connectivity index (χ3n) is 1.11. The molecule has 1 aromatic heterocycles. The zero-order valence-electron chi connectivity index (χ0n) is 5.19. The maximum Gasteiger partial charge on any atom is 0.266 e. The molecule has 0 amide bonds. The average Bonchev–Trinajstić information content (AvgIpc) is 1.85. The highest BCUT2D eigenvalue weighted by Gasteiger charge is 2.15. The zero-order chi connectivity index (χ0) is 8.43. The van der Waals surface area contributed by atoms with Crippen molar-refractivity contribution in [3.05, 3.63) is 28.0 Å². The van der Waals surface area contributed by atoms with Crippen LogP contribution in [0.25, 0.3) is 0 Å². The fourth-order valence-corrected chi connectivity index (χ4v) is 1.16. The van der Waals surface area contributed by atoms with Crippen LogP contribution in [0.2, 0.25) is 10.0 Å². The van der Waals surface area contributed by atoms with Crippen LogP contribution < -0.4 is 0 Å². The average molecular weight is 198 g/mol. The molecule has 1 heterocycles. The number of nitrogens with zero attached hydrogens (tertiary/aromatic N) is 1. The van der Waals surface area contributed by atoms with Crippen LogP contribution in [0.5, 0.6) is 0 Å². The van der Waals surface area contributed by atoms with Crippen LogP contribution in [0.3, 0.4) is 0 Å². The van der Waals surface area contributed by atoms with E-state index in [0.717, 1.165) is 12.4 Å². The Bertz CT molecular complexity index is 245. The van der Waals surface area contributed by atoms with Crippen molar-refractivity contribution in [3.8, 4) is 0 Å². The summed E-state index contributed by atoms with van der Waals surface area (Å²) in [4.78, 5) is 3.53. The smallest absolute Gasteiger partial charge is 0.262 e. The van der Waals surface area contributed by atoms with E-state index < -0.39 is 6.43 Å². The molecule has 0 radical (unpaired) electrons. The Balaban J connectivity index is 3.21. The predicted octanol–water partition coefficient (Wildman–Crippen LogP) is 3.33. The van der Waals surface area contributed by atoms with Crippen molar-refractivity contribution in [1.29, 1.82) is 0 Å².